The van der Waals surface area contributed by atoms with E-state index < -0.39 is 6.61 Å². The Bertz CT molecular complexity index is 442. The van der Waals surface area contributed by atoms with Crippen LogP contribution in [0.25, 0.3) is 0 Å². The number of alkyl halides is 2. The number of halogens is 2. The molecule has 0 amide bonds. The predicted octanol–water partition coefficient (Wildman–Crippen LogP) is 3.02. The van der Waals surface area contributed by atoms with Crippen LogP contribution in [0.2, 0.25) is 0 Å². The summed E-state index contributed by atoms with van der Waals surface area (Å²) in [5, 5.41) is 0. The lowest BCUT2D eigenvalue weighted by atomic mass is 10.0. The highest BCUT2D eigenvalue weighted by Gasteiger charge is 2.33. The molecule has 20 heavy (non-hydrogen) atoms. The molecule has 3 unspecified atom stereocenters. The van der Waals surface area contributed by atoms with E-state index in [1.54, 1.807) is 12.1 Å². The van der Waals surface area contributed by atoms with Gasteiger partial charge in [-0.25, -0.2) is 0 Å². The summed E-state index contributed by atoms with van der Waals surface area (Å²) < 4.78 is 29.7. The molecule has 1 aliphatic rings. The van der Waals surface area contributed by atoms with E-state index in [1.807, 2.05) is 12.1 Å². The quantitative estimate of drug-likeness (QED) is 0.903. The van der Waals surface area contributed by atoms with E-state index in [4.69, 9.17) is 5.73 Å². The third-order valence-electron chi connectivity index (χ3n) is 3.95. The molecule has 0 radical (unpaired) electrons. The number of para-hydroxylation sites is 1. The molecule has 0 bridgehead atoms. The van der Waals surface area contributed by atoms with Crippen LogP contribution in [-0.2, 0) is 0 Å². The first-order chi connectivity index (χ1) is 9.52. The number of likely N-dealkylation sites (tertiary alicyclic amines) is 1. The molecule has 1 aromatic rings. The molecule has 112 valence electrons. The van der Waals surface area contributed by atoms with Gasteiger partial charge in [0.25, 0.3) is 0 Å². The Morgan fingerprint density at radius 2 is 2.05 bits per heavy atom. The van der Waals surface area contributed by atoms with Gasteiger partial charge in [0, 0.05) is 24.7 Å². The van der Waals surface area contributed by atoms with Crippen molar-refractivity contribution < 1.29 is 13.5 Å². The fourth-order valence-corrected chi connectivity index (χ4v) is 3.17. The van der Waals surface area contributed by atoms with Crippen molar-refractivity contribution in [3.63, 3.8) is 0 Å². The molecule has 3 atom stereocenters. The van der Waals surface area contributed by atoms with Crippen molar-refractivity contribution in [2.45, 2.75) is 39.0 Å². The summed E-state index contributed by atoms with van der Waals surface area (Å²) in [6, 6.07) is 7.26. The van der Waals surface area contributed by atoms with Crippen molar-refractivity contribution in [2.75, 3.05) is 13.1 Å². The molecule has 1 aliphatic heterocycles. The van der Waals surface area contributed by atoms with Gasteiger partial charge >= 0.3 is 6.61 Å². The van der Waals surface area contributed by atoms with E-state index in [0.29, 0.717) is 18.5 Å². The minimum absolute atomic E-state index is 0.0788. The Morgan fingerprint density at radius 3 is 2.60 bits per heavy atom. The Labute approximate surface area is 118 Å². The molecule has 5 heteroatoms. The fourth-order valence-electron chi connectivity index (χ4n) is 3.17. The van der Waals surface area contributed by atoms with Crippen LogP contribution in [0.15, 0.2) is 24.3 Å². The summed E-state index contributed by atoms with van der Waals surface area (Å²) in [4.78, 5) is 2.29. The molecule has 1 aromatic carbocycles. The van der Waals surface area contributed by atoms with Gasteiger partial charge in [-0.2, -0.15) is 8.78 Å². The zero-order valence-corrected chi connectivity index (χ0v) is 11.9. The maximum Gasteiger partial charge on any atom is 0.387 e. The summed E-state index contributed by atoms with van der Waals surface area (Å²) in [6.45, 7) is 2.87. The first-order valence-electron chi connectivity index (χ1n) is 7.02. The van der Waals surface area contributed by atoms with Gasteiger partial charge in [-0.15, -0.1) is 0 Å². The molecule has 0 saturated carbocycles. The van der Waals surface area contributed by atoms with Gasteiger partial charge in [-0.1, -0.05) is 25.1 Å². The van der Waals surface area contributed by atoms with Gasteiger partial charge in [-0.3, -0.25) is 4.90 Å². The van der Waals surface area contributed by atoms with Crippen LogP contribution in [0.3, 0.4) is 0 Å². The number of ether oxygens (including phenoxy) is 1. The molecular weight excluding hydrogens is 262 g/mol. The van der Waals surface area contributed by atoms with Gasteiger partial charge in [0.05, 0.1) is 6.04 Å². The van der Waals surface area contributed by atoms with Crippen LogP contribution in [0.5, 0.6) is 5.75 Å². The number of hydrogen-bond acceptors (Lipinski definition) is 3. The second kappa shape index (κ2) is 6.50. The average molecular weight is 284 g/mol. The van der Waals surface area contributed by atoms with E-state index in [2.05, 4.69) is 23.5 Å². The zero-order valence-electron chi connectivity index (χ0n) is 11.9. The van der Waals surface area contributed by atoms with Crippen LogP contribution < -0.4 is 10.5 Å². The van der Waals surface area contributed by atoms with Crippen LogP contribution in [-0.4, -0.2) is 30.6 Å². The lowest BCUT2D eigenvalue weighted by molar-refractivity contribution is -0.0512. The highest BCUT2D eigenvalue weighted by atomic mass is 19.3. The molecule has 3 nitrogen and oxygen atoms in total. The number of rotatable bonds is 5. The SMILES string of the molecule is CC1CC(C)N(C(CN)c2ccccc2OC(F)F)C1. The van der Waals surface area contributed by atoms with E-state index in [-0.39, 0.29) is 11.8 Å². The van der Waals surface area contributed by atoms with E-state index in [1.165, 1.54) is 0 Å². The lowest BCUT2D eigenvalue weighted by Crippen LogP contribution is -2.36. The maximum atomic E-state index is 12.5. The largest absolute Gasteiger partial charge is 0.434 e. The number of nitrogens with zero attached hydrogens (tertiary/aromatic N) is 1. The Balaban J connectivity index is 2.27. The molecule has 1 saturated heterocycles. The zero-order chi connectivity index (χ0) is 14.7. The molecule has 0 spiro atoms. The van der Waals surface area contributed by atoms with Crippen molar-refractivity contribution in [2.24, 2.45) is 11.7 Å². The monoisotopic (exact) mass is 284 g/mol. The highest BCUT2D eigenvalue weighted by Crippen LogP contribution is 2.35. The molecule has 2 rings (SSSR count). The average Bonchev–Trinajstić information content (AvgIpc) is 2.71. The number of hydrogen-bond donors (Lipinski definition) is 1. The minimum atomic E-state index is -2.82. The summed E-state index contributed by atoms with van der Waals surface area (Å²) in [5.74, 6) is 0.826. The van der Waals surface area contributed by atoms with E-state index >= 15 is 0 Å². The topological polar surface area (TPSA) is 38.5 Å². The third-order valence-corrected chi connectivity index (χ3v) is 3.95. The molecule has 2 N–H and O–H groups in total. The van der Waals surface area contributed by atoms with Crippen molar-refractivity contribution in [1.82, 2.24) is 4.90 Å². The van der Waals surface area contributed by atoms with Crippen LogP contribution in [0.1, 0.15) is 31.9 Å². The highest BCUT2D eigenvalue weighted by molar-refractivity contribution is 5.36. The van der Waals surface area contributed by atoms with Crippen molar-refractivity contribution in [3.8, 4) is 5.75 Å². The van der Waals surface area contributed by atoms with E-state index in [0.717, 1.165) is 18.5 Å². The number of nitrogens with two attached hydrogens (primary N) is 1. The van der Waals surface area contributed by atoms with Crippen LogP contribution in [0, 0.1) is 5.92 Å². The molecule has 1 heterocycles. The summed E-state index contributed by atoms with van der Waals surface area (Å²) in [6.07, 6.45) is 1.11. The lowest BCUT2D eigenvalue weighted by Gasteiger charge is -2.32. The molecule has 0 aliphatic carbocycles. The number of benzene rings is 1. The maximum absolute atomic E-state index is 12.5. The first kappa shape index (κ1) is 15.2. The van der Waals surface area contributed by atoms with Gasteiger partial charge in [0.2, 0.25) is 0 Å². The van der Waals surface area contributed by atoms with Gasteiger partial charge in [0.1, 0.15) is 5.75 Å². The normalized spacial score (nSPS) is 25.1. The molecular formula is C15H22F2N2O. The van der Waals surface area contributed by atoms with Gasteiger partial charge in [-0.05, 0) is 25.3 Å². The van der Waals surface area contributed by atoms with E-state index in [9.17, 15) is 8.78 Å². The minimum Gasteiger partial charge on any atom is -0.434 e. The van der Waals surface area contributed by atoms with Crippen LogP contribution >= 0.6 is 0 Å². The Morgan fingerprint density at radius 1 is 1.35 bits per heavy atom. The summed E-state index contributed by atoms with van der Waals surface area (Å²) in [7, 11) is 0. The third kappa shape index (κ3) is 3.27. The van der Waals surface area contributed by atoms with Crippen molar-refractivity contribution in [3.05, 3.63) is 29.8 Å². The summed E-state index contributed by atoms with van der Waals surface area (Å²) in [5.41, 5.74) is 6.65. The standard InChI is InChI=1S/C15H22F2N2O/c1-10-7-11(2)19(9-10)13(8-18)12-5-3-4-6-14(12)20-15(16)17/h3-6,10-11,13,15H,7-9,18H2,1-2H3. The van der Waals surface area contributed by atoms with Crippen molar-refractivity contribution >= 4 is 0 Å². The van der Waals surface area contributed by atoms with Crippen molar-refractivity contribution in [1.29, 1.82) is 0 Å². The first-order valence-corrected chi connectivity index (χ1v) is 7.02. The predicted molar refractivity (Wildman–Crippen MR) is 74.8 cm³/mol. The van der Waals surface area contributed by atoms with Gasteiger partial charge < -0.3 is 10.5 Å². The second-order valence-electron chi connectivity index (χ2n) is 5.55. The Kier molecular flexibility index (Phi) is 4.94. The van der Waals surface area contributed by atoms with Gasteiger partial charge in [0.15, 0.2) is 0 Å². The van der Waals surface area contributed by atoms with Crippen LogP contribution in [0.4, 0.5) is 8.78 Å². The summed E-state index contributed by atoms with van der Waals surface area (Å²) >= 11 is 0. The molecule has 1 fully saturated rings. The molecule has 0 aromatic heterocycles. The Hall–Kier alpha value is -1.20. The smallest absolute Gasteiger partial charge is 0.387 e. The fraction of sp³-hybridized carbons (Fsp3) is 0.600. The second-order valence-corrected chi connectivity index (χ2v) is 5.55.